The van der Waals surface area contributed by atoms with Gasteiger partial charge in [-0.3, -0.25) is 4.79 Å². The number of esters is 1. The predicted molar refractivity (Wildman–Crippen MR) is 133 cm³/mol. The maximum Gasteiger partial charge on any atom is 0.338 e. The van der Waals surface area contributed by atoms with Gasteiger partial charge in [0.1, 0.15) is 24.2 Å². The normalized spacial score (nSPS) is 20.2. The minimum atomic E-state index is -1.63. The summed E-state index contributed by atoms with van der Waals surface area (Å²) in [5.74, 6) is -0.146. The zero-order chi connectivity index (χ0) is 25.8. The van der Waals surface area contributed by atoms with Gasteiger partial charge in [0.25, 0.3) is 0 Å². The molecule has 8 heteroatoms. The van der Waals surface area contributed by atoms with E-state index < -0.39 is 30.4 Å². The highest BCUT2D eigenvalue weighted by atomic mass is 16.6. The smallest absolute Gasteiger partial charge is 0.338 e. The highest BCUT2D eigenvalue weighted by molar-refractivity contribution is 5.83. The van der Waals surface area contributed by atoms with E-state index in [1.165, 1.54) is 0 Å². The van der Waals surface area contributed by atoms with Crippen LogP contribution in [0.4, 0.5) is 0 Å². The molecule has 2 aliphatic rings. The molecule has 1 amide bonds. The second-order valence-corrected chi connectivity index (χ2v) is 9.09. The van der Waals surface area contributed by atoms with E-state index in [9.17, 15) is 14.7 Å². The number of hydrogen-bond donors (Lipinski definition) is 1. The van der Waals surface area contributed by atoms with Crippen molar-refractivity contribution in [3.63, 3.8) is 0 Å². The highest BCUT2D eigenvalue weighted by Crippen LogP contribution is 2.33. The first-order valence-electron chi connectivity index (χ1n) is 12.2. The van der Waals surface area contributed by atoms with Crippen LogP contribution < -0.4 is 4.74 Å². The molecule has 0 bridgehead atoms. The summed E-state index contributed by atoms with van der Waals surface area (Å²) in [6.07, 6.45) is -4.13. The number of aliphatic hydroxyl groups excluding tert-OH is 1. The molecular formula is C29H29NO7. The number of nitrogens with zero attached hydrogens (tertiary/aromatic N) is 1. The van der Waals surface area contributed by atoms with Crippen molar-refractivity contribution >= 4 is 11.9 Å². The Balaban J connectivity index is 1.34. The number of hydrogen-bond acceptors (Lipinski definition) is 7. The van der Waals surface area contributed by atoms with Gasteiger partial charge in [-0.15, -0.1) is 0 Å². The average Bonchev–Trinajstić information content (AvgIpc) is 3.29. The third-order valence-corrected chi connectivity index (χ3v) is 6.68. The lowest BCUT2D eigenvalue weighted by molar-refractivity contribution is -0.180. The lowest BCUT2D eigenvalue weighted by atomic mass is 10.0. The number of carbonyl (C=O) groups excluding carboxylic acids is 2. The van der Waals surface area contributed by atoms with Gasteiger partial charge in [-0.2, -0.15) is 0 Å². The summed E-state index contributed by atoms with van der Waals surface area (Å²) < 4.78 is 23.1. The van der Waals surface area contributed by atoms with Crippen molar-refractivity contribution in [3.8, 4) is 5.75 Å². The molecule has 1 N–H and O–H groups in total. The highest BCUT2D eigenvalue weighted by Gasteiger charge is 2.50. The lowest BCUT2D eigenvalue weighted by Crippen LogP contribution is -2.49. The zero-order valence-electron chi connectivity index (χ0n) is 20.4. The first-order chi connectivity index (χ1) is 18.0. The molecule has 2 fully saturated rings. The Morgan fingerprint density at radius 2 is 1.62 bits per heavy atom. The summed E-state index contributed by atoms with van der Waals surface area (Å²) in [5.41, 5.74) is 2.38. The molecular weight excluding hydrogens is 474 g/mol. The standard InChI is InChI=1S/C29H29NO7/c1-34-22-14-12-19(13-15-22)18-35-28(23-17-30-24(31)16-25(30)36-23)26(32)29(33)37-27(20-8-4-2-5-9-20)21-10-6-3-7-11-21/h2-15,23,25-28,32H,16-18H2,1H3/t23-,25+,26-,28-/m1/s1. The van der Waals surface area contributed by atoms with Crippen molar-refractivity contribution in [1.29, 1.82) is 0 Å². The van der Waals surface area contributed by atoms with Crippen LogP contribution in [0, 0.1) is 0 Å². The van der Waals surface area contributed by atoms with Crippen molar-refractivity contribution in [1.82, 2.24) is 4.90 Å². The topological polar surface area (TPSA) is 94.5 Å². The average molecular weight is 504 g/mol. The van der Waals surface area contributed by atoms with Gasteiger partial charge in [0.15, 0.2) is 12.2 Å². The molecule has 0 radical (unpaired) electrons. The Hall–Kier alpha value is -3.72. The quantitative estimate of drug-likeness (QED) is 0.335. The van der Waals surface area contributed by atoms with E-state index >= 15 is 0 Å². The molecule has 192 valence electrons. The fourth-order valence-electron chi connectivity index (χ4n) is 4.61. The van der Waals surface area contributed by atoms with Gasteiger partial charge in [0, 0.05) is 0 Å². The number of ether oxygens (including phenoxy) is 4. The van der Waals surface area contributed by atoms with Crippen LogP contribution in [0.1, 0.15) is 29.2 Å². The van der Waals surface area contributed by atoms with E-state index in [0.717, 1.165) is 16.7 Å². The van der Waals surface area contributed by atoms with Gasteiger partial charge in [0.05, 0.1) is 26.7 Å². The zero-order valence-corrected chi connectivity index (χ0v) is 20.4. The first-order valence-corrected chi connectivity index (χ1v) is 12.2. The molecule has 0 spiro atoms. The molecule has 0 aliphatic carbocycles. The number of rotatable bonds is 10. The Morgan fingerprint density at radius 3 is 2.16 bits per heavy atom. The van der Waals surface area contributed by atoms with Crippen molar-refractivity contribution in [2.45, 2.75) is 43.7 Å². The molecule has 3 aromatic carbocycles. The Kier molecular flexibility index (Phi) is 7.50. The number of carbonyl (C=O) groups is 2. The molecule has 0 aromatic heterocycles. The van der Waals surface area contributed by atoms with Gasteiger partial charge in [-0.1, -0.05) is 72.8 Å². The molecule has 4 atom stereocenters. The Bertz CT molecular complexity index is 1160. The van der Waals surface area contributed by atoms with Crippen LogP contribution in [0.5, 0.6) is 5.75 Å². The van der Waals surface area contributed by atoms with Crippen LogP contribution >= 0.6 is 0 Å². The van der Waals surface area contributed by atoms with Crippen LogP contribution in [0.2, 0.25) is 0 Å². The van der Waals surface area contributed by atoms with Crippen molar-refractivity contribution in [2.24, 2.45) is 0 Å². The first kappa shape index (κ1) is 25.0. The number of aliphatic hydroxyl groups is 1. The fourth-order valence-corrected chi connectivity index (χ4v) is 4.61. The number of methoxy groups -OCH3 is 1. The summed E-state index contributed by atoms with van der Waals surface area (Å²) in [7, 11) is 1.59. The van der Waals surface area contributed by atoms with Crippen molar-refractivity contribution < 1.29 is 33.6 Å². The van der Waals surface area contributed by atoms with E-state index in [2.05, 4.69) is 0 Å². The van der Waals surface area contributed by atoms with Gasteiger partial charge in [-0.25, -0.2) is 4.79 Å². The number of benzene rings is 3. The van der Waals surface area contributed by atoms with E-state index in [1.54, 1.807) is 24.1 Å². The number of fused-ring (bicyclic) bond motifs is 1. The lowest BCUT2D eigenvalue weighted by Gasteiger charge is -2.31. The predicted octanol–water partition coefficient (Wildman–Crippen LogP) is 3.23. The van der Waals surface area contributed by atoms with Crippen LogP contribution in [0.15, 0.2) is 84.9 Å². The molecule has 0 saturated carbocycles. The monoisotopic (exact) mass is 503 g/mol. The second-order valence-electron chi connectivity index (χ2n) is 9.09. The molecule has 0 unspecified atom stereocenters. The summed E-state index contributed by atoms with van der Waals surface area (Å²) >= 11 is 0. The fraction of sp³-hybridized carbons (Fsp3) is 0.310. The van der Waals surface area contributed by atoms with Gasteiger partial charge >= 0.3 is 5.97 Å². The van der Waals surface area contributed by atoms with Crippen molar-refractivity contribution in [3.05, 3.63) is 102 Å². The van der Waals surface area contributed by atoms with Crippen LogP contribution in [-0.2, 0) is 30.4 Å². The molecule has 2 heterocycles. The molecule has 2 saturated heterocycles. The molecule has 5 rings (SSSR count). The Labute approximate surface area is 215 Å². The van der Waals surface area contributed by atoms with Gasteiger partial charge in [0.2, 0.25) is 5.91 Å². The van der Waals surface area contributed by atoms with E-state index in [0.29, 0.717) is 5.75 Å². The summed E-state index contributed by atoms with van der Waals surface area (Å²) in [6.45, 7) is 0.361. The second kappa shape index (κ2) is 11.1. The van der Waals surface area contributed by atoms with Crippen LogP contribution in [0.3, 0.4) is 0 Å². The summed E-state index contributed by atoms with van der Waals surface area (Å²) in [4.78, 5) is 26.8. The Morgan fingerprint density at radius 1 is 1.00 bits per heavy atom. The molecule has 37 heavy (non-hydrogen) atoms. The van der Waals surface area contributed by atoms with Gasteiger partial charge < -0.3 is 29.0 Å². The third-order valence-electron chi connectivity index (χ3n) is 6.68. The van der Waals surface area contributed by atoms with E-state index in [1.807, 2.05) is 72.8 Å². The maximum absolute atomic E-state index is 13.3. The van der Waals surface area contributed by atoms with Gasteiger partial charge in [-0.05, 0) is 28.8 Å². The van der Waals surface area contributed by atoms with Crippen LogP contribution in [0.25, 0.3) is 0 Å². The number of amides is 1. The molecule has 3 aromatic rings. The minimum Gasteiger partial charge on any atom is -0.497 e. The van der Waals surface area contributed by atoms with Crippen molar-refractivity contribution in [2.75, 3.05) is 13.7 Å². The van der Waals surface area contributed by atoms with E-state index in [-0.39, 0.29) is 31.7 Å². The molecule has 2 aliphatic heterocycles. The largest absolute Gasteiger partial charge is 0.497 e. The van der Waals surface area contributed by atoms with E-state index in [4.69, 9.17) is 18.9 Å². The minimum absolute atomic E-state index is 0.0216. The summed E-state index contributed by atoms with van der Waals surface area (Å²) in [5, 5.41) is 11.2. The molecule has 8 nitrogen and oxygen atoms in total. The van der Waals surface area contributed by atoms with Crippen LogP contribution in [-0.4, -0.2) is 60.1 Å². The SMILES string of the molecule is COc1ccc(CO[C@H]([C@H]2CN3C(=O)C[C@@H]3O2)[C@@H](O)C(=O)OC(c2ccccc2)c2ccccc2)cc1. The maximum atomic E-state index is 13.3. The number of β-lactam (4-membered cyclic amide) rings is 1. The summed E-state index contributed by atoms with van der Waals surface area (Å²) in [6, 6.07) is 26.0. The third kappa shape index (κ3) is 5.51.